The number of nitrogens with one attached hydrogen (secondary N) is 1. The van der Waals surface area contributed by atoms with Crippen molar-refractivity contribution in [1.29, 1.82) is 0 Å². The summed E-state index contributed by atoms with van der Waals surface area (Å²) in [6.07, 6.45) is 70.5. The second kappa shape index (κ2) is 56.9. The number of amides is 1. The van der Waals surface area contributed by atoms with Crippen molar-refractivity contribution in [2.45, 2.75) is 379 Å². The van der Waals surface area contributed by atoms with E-state index in [0.717, 1.165) is 32.1 Å². The summed E-state index contributed by atoms with van der Waals surface area (Å²) < 4.78 is 0. The molecule has 1 amide bonds. The molecule has 0 aromatic heterocycles. The third-order valence-corrected chi connectivity index (χ3v) is 15.0. The first kappa shape index (κ1) is 65.3. The van der Waals surface area contributed by atoms with Crippen molar-refractivity contribution in [3.63, 3.8) is 0 Å². The fraction of sp³-hybridized carbons (Fsp3) is 0.984. The minimum absolute atomic E-state index is 0.308. The highest BCUT2D eigenvalue weighted by atomic mass is 16.3. The smallest absolute Gasteiger partial charge is 0.249 e. The summed E-state index contributed by atoms with van der Waals surface area (Å²) in [5.41, 5.74) is 0. The van der Waals surface area contributed by atoms with E-state index in [2.05, 4.69) is 19.2 Å². The monoisotopic (exact) mass is 934 g/mol. The van der Waals surface area contributed by atoms with Gasteiger partial charge in [-0.1, -0.05) is 348 Å². The number of hydrogen-bond donors (Lipinski definition) is 4. The quantitative estimate of drug-likeness (QED) is 0.0458. The Morgan fingerprint density at radius 3 is 0.682 bits per heavy atom. The average Bonchev–Trinajstić information content (AvgIpc) is 3.32. The van der Waals surface area contributed by atoms with Crippen LogP contribution in [-0.2, 0) is 4.79 Å². The maximum absolute atomic E-state index is 12.6. The van der Waals surface area contributed by atoms with Crippen molar-refractivity contribution in [1.82, 2.24) is 5.32 Å². The Kier molecular flexibility index (Phi) is 56.4. The van der Waals surface area contributed by atoms with E-state index in [-0.39, 0.29) is 6.61 Å². The van der Waals surface area contributed by atoms with E-state index in [1.165, 1.54) is 302 Å². The summed E-state index contributed by atoms with van der Waals surface area (Å²) in [4.78, 5) is 12.6. The molecule has 396 valence electrons. The van der Waals surface area contributed by atoms with Gasteiger partial charge in [0.05, 0.1) is 18.8 Å². The lowest BCUT2D eigenvalue weighted by Crippen LogP contribution is -2.49. The van der Waals surface area contributed by atoms with Crippen LogP contribution >= 0.6 is 0 Å². The van der Waals surface area contributed by atoms with Crippen LogP contribution in [0.5, 0.6) is 0 Å². The topological polar surface area (TPSA) is 89.8 Å². The van der Waals surface area contributed by atoms with Crippen LogP contribution in [0.3, 0.4) is 0 Å². The molecule has 0 spiro atoms. The normalized spacial score (nSPS) is 13.1. The van der Waals surface area contributed by atoms with Gasteiger partial charge in [-0.05, 0) is 12.8 Å². The summed E-state index contributed by atoms with van der Waals surface area (Å²) in [6.45, 7) is 4.27. The second-order valence-corrected chi connectivity index (χ2v) is 21.6. The second-order valence-electron chi connectivity index (χ2n) is 21.6. The van der Waals surface area contributed by atoms with E-state index in [4.69, 9.17) is 0 Å². The Balaban J connectivity index is 3.38. The highest BCUT2D eigenvalue weighted by Crippen LogP contribution is 2.19. The molecule has 5 heteroatoms. The fourth-order valence-electron chi connectivity index (χ4n) is 10.2. The molecular formula is C61H123NO4. The maximum atomic E-state index is 12.6. The number of unbranched alkanes of at least 4 members (excludes halogenated alkanes) is 50. The van der Waals surface area contributed by atoms with E-state index in [1.54, 1.807) is 0 Å². The Morgan fingerprint density at radius 2 is 0.485 bits per heavy atom. The first-order valence-electron chi connectivity index (χ1n) is 30.8. The van der Waals surface area contributed by atoms with Crippen molar-refractivity contribution in [2.24, 2.45) is 0 Å². The molecule has 0 fully saturated rings. The first-order chi connectivity index (χ1) is 32.6. The molecule has 0 aromatic carbocycles. The van der Waals surface area contributed by atoms with Crippen LogP contribution in [-0.4, -0.2) is 46.1 Å². The molecule has 0 aromatic rings. The van der Waals surface area contributed by atoms with Gasteiger partial charge < -0.3 is 20.6 Å². The van der Waals surface area contributed by atoms with Crippen molar-refractivity contribution in [3.05, 3.63) is 0 Å². The Hall–Kier alpha value is -0.650. The van der Waals surface area contributed by atoms with Gasteiger partial charge in [-0.2, -0.15) is 0 Å². The summed E-state index contributed by atoms with van der Waals surface area (Å²) in [6, 6.07) is -0.707. The van der Waals surface area contributed by atoms with Crippen LogP contribution in [0.1, 0.15) is 361 Å². The summed E-state index contributed by atoms with van der Waals surface area (Å²) in [5, 5.41) is 33.5. The van der Waals surface area contributed by atoms with Gasteiger partial charge in [0.25, 0.3) is 0 Å². The third kappa shape index (κ3) is 51.2. The molecular weight excluding hydrogens is 811 g/mol. The number of carbonyl (C=O) groups is 1. The van der Waals surface area contributed by atoms with Crippen molar-refractivity contribution >= 4 is 5.91 Å². The number of aliphatic hydroxyl groups is 3. The van der Waals surface area contributed by atoms with Gasteiger partial charge in [-0.3, -0.25) is 4.79 Å². The molecule has 0 radical (unpaired) electrons. The molecule has 0 saturated carbocycles. The molecule has 5 nitrogen and oxygen atoms in total. The number of hydrogen-bond acceptors (Lipinski definition) is 4. The van der Waals surface area contributed by atoms with Crippen LogP contribution in [0.15, 0.2) is 0 Å². The SMILES string of the molecule is CCCCCCCCCCCCCCCCCCCCCCCCCCCCCCCCCCCCCCCCC(O)C(=O)NC(CO)C(O)CCCCCCCCCCCCCCCC. The molecule has 4 N–H and O–H groups in total. The van der Waals surface area contributed by atoms with E-state index < -0.39 is 24.2 Å². The largest absolute Gasteiger partial charge is 0.394 e. The first-order valence-corrected chi connectivity index (χ1v) is 30.8. The van der Waals surface area contributed by atoms with E-state index >= 15 is 0 Å². The number of carbonyl (C=O) groups excluding carboxylic acids is 1. The van der Waals surface area contributed by atoms with E-state index in [0.29, 0.717) is 12.8 Å². The van der Waals surface area contributed by atoms with Crippen molar-refractivity contribution in [2.75, 3.05) is 6.61 Å². The molecule has 0 bridgehead atoms. The van der Waals surface area contributed by atoms with Gasteiger partial charge in [0.15, 0.2) is 0 Å². The molecule has 0 aliphatic heterocycles. The molecule has 0 heterocycles. The van der Waals surface area contributed by atoms with Crippen LogP contribution in [0.4, 0.5) is 0 Å². The number of aliphatic hydroxyl groups excluding tert-OH is 3. The van der Waals surface area contributed by atoms with Gasteiger partial charge in [0.1, 0.15) is 6.10 Å². The molecule has 0 aliphatic carbocycles. The average molecular weight is 935 g/mol. The zero-order chi connectivity index (χ0) is 47.9. The van der Waals surface area contributed by atoms with E-state index in [9.17, 15) is 20.1 Å². The van der Waals surface area contributed by atoms with Gasteiger partial charge >= 0.3 is 0 Å². The van der Waals surface area contributed by atoms with Crippen LogP contribution < -0.4 is 5.32 Å². The van der Waals surface area contributed by atoms with Gasteiger partial charge in [-0.15, -0.1) is 0 Å². The van der Waals surface area contributed by atoms with Crippen molar-refractivity contribution in [3.8, 4) is 0 Å². The Morgan fingerprint density at radius 1 is 0.303 bits per heavy atom. The summed E-state index contributed by atoms with van der Waals surface area (Å²) in [7, 11) is 0. The standard InChI is InChI=1S/C61H123NO4/c1-3-5-7-9-11-13-15-17-19-20-21-22-23-24-25-26-27-28-29-30-31-32-33-34-35-36-37-38-39-40-41-42-44-46-48-50-52-54-56-60(65)61(66)62-58(57-63)59(64)55-53-51-49-47-45-43-18-16-14-12-10-8-6-4-2/h58-60,63-65H,3-57H2,1-2H3,(H,62,66). The predicted octanol–water partition coefficient (Wildman–Crippen LogP) is 19.3. The molecule has 0 aliphatic rings. The molecule has 3 atom stereocenters. The zero-order valence-electron chi connectivity index (χ0n) is 45.4. The van der Waals surface area contributed by atoms with Crippen molar-refractivity contribution < 1.29 is 20.1 Å². The zero-order valence-corrected chi connectivity index (χ0v) is 45.4. The summed E-state index contributed by atoms with van der Waals surface area (Å²) in [5.74, 6) is -0.462. The van der Waals surface area contributed by atoms with Gasteiger partial charge in [0, 0.05) is 0 Å². The predicted molar refractivity (Wildman–Crippen MR) is 292 cm³/mol. The van der Waals surface area contributed by atoms with Crippen LogP contribution in [0.2, 0.25) is 0 Å². The molecule has 3 unspecified atom stereocenters. The lowest BCUT2D eigenvalue weighted by molar-refractivity contribution is -0.131. The lowest BCUT2D eigenvalue weighted by atomic mass is 10.0. The molecule has 0 saturated heterocycles. The fourth-order valence-corrected chi connectivity index (χ4v) is 10.2. The van der Waals surface area contributed by atoms with E-state index in [1.807, 2.05) is 0 Å². The summed E-state index contributed by atoms with van der Waals surface area (Å²) >= 11 is 0. The van der Waals surface area contributed by atoms with Gasteiger partial charge in [-0.25, -0.2) is 0 Å². The maximum Gasteiger partial charge on any atom is 0.249 e. The molecule has 0 rings (SSSR count). The third-order valence-electron chi connectivity index (χ3n) is 15.0. The molecule has 66 heavy (non-hydrogen) atoms. The number of rotatable bonds is 58. The highest BCUT2D eigenvalue weighted by Gasteiger charge is 2.23. The highest BCUT2D eigenvalue weighted by molar-refractivity contribution is 5.80. The lowest BCUT2D eigenvalue weighted by Gasteiger charge is -2.23. The Bertz CT molecular complexity index is 898. The van der Waals surface area contributed by atoms with Gasteiger partial charge in [0.2, 0.25) is 5.91 Å². The van der Waals surface area contributed by atoms with Crippen LogP contribution in [0, 0.1) is 0 Å². The van der Waals surface area contributed by atoms with Crippen LogP contribution in [0.25, 0.3) is 0 Å². The minimum Gasteiger partial charge on any atom is -0.394 e. The Labute approximate surface area is 415 Å². The minimum atomic E-state index is -1.07.